The van der Waals surface area contributed by atoms with E-state index in [1.165, 1.54) is 68.7 Å². The van der Waals surface area contributed by atoms with Gasteiger partial charge in [-0.15, -0.1) is 23.1 Å². The number of hydrogen-bond acceptors (Lipinski definition) is 0. The summed E-state index contributed by atoms with van der Waals surface area (Å²) in [6.45, 7) is 28.0. The Morgan fingerprint density at radius 1 is 0.571 bits per heavy atom. The largest absolute Gasteiger partial charge is 0.273 e. The zero-order chi connectivity index (χ0) is 42.2. The maximum Gasteiger partial charge on any atom is -0.109 e. The predicted octanol–water partition coefficient (Wildman–Crippen LogP) is 16.0. The van der Waals surface area contributed by atoms with Gasteiger partial charge in [0.05, 0.1) is 0 Å². The van der Waals surface area contributed by atoms with Gasteiger partial charge in [0.2, 0.25) is 0 Å². The van der Waals surface area contributed by atoms with Gasteiger partial charge in [0, 0.05) is 0 Å². The molecule has 0 N–H and O–H groups in total. The van der Waals surface area contributed by atoms with Gasteiger partial charge < -0.3 is 0 Å². The predicted molar refractivity (Wildman–Crippen MR) is 244 cm³/mol. The molecular weight excluding hydrogens is 892 g/mol. The van der Waals surface area contributed by atoms with Crippen LogP contribution in [0.25, 0.3) is 11.1 Å². The minimum atomic E-state index is -1.45. The molecule has 296 valence electrons. The first kappa shape index (κ1) is 47.5. The summed E-state index contributed by atoms with van der Waals surface area (Å²) >= 11 is 36.9. The third-order valence-corrected chi connectivity index (χ3v) is 12.5. The van der Waals surface area contributed by atoms with Crippen LogP contribution in [0.15, 0.2) is 85.0 Å². The van der Waals surface area contributed by atoms with E-state index in [0.29, 0.717) is 11.1 Å². The molecule has 2 aliphatic rings. The van der Waals surface area contributed by atoms with Crippen LogP contribution in [0.2, 0.25) is 0 Å². The van der Waals surface area contributed by atoms with E-state index in [1.54, 1.807) is 12.1 Å². The molecule has 4 aromatic carbocycles. The second kappa shape index (κ2) is 17.8. The zero-order valence-electron chi connectivity index (χ0n) is 34.8. The molecule has 0 nitrogen and oxygen atoms in total. The van der Waals surface area contributed by atoms with E-state index in [1.807, 2.05) is 48.6 Å². The average Bonchev–Trinajstić information content (AvgIpc) is 3.77. The molecule has 0 bridgehead atoms. The third kappa shape index (κ3) is 12.2. The second-order valence-corrected chi connectivity index (χ2v) is 24.5. The van der Waals surface area contributed by atoms with Crippen molar-refractivity contribution in [3.8, 4) is 11.1 Å². The van der Waals surface area contributed by atoms with E-state index in [-0.39, 0.29) is 21.7 Å². The summed E-state index contributed by atoms with van der Waals surface area (Å²) in [6, 6.07) is 26.3. The van der Waals surface area contributed by atoms with Crippen molar-refractivity contribution in [2.45, 2.75) is 125 Å². The SMILES string of the molecule is CC(C)(C)c1[c-]c2c(cc1C(C)(C)C)-c1cc(C(C)(C)C)c(C(C)(C)C)cc1C2.ClC(Cl)(Cl)c1cccc([C](=[Zr+2])c2cccc(C(Cl)(Cl)Cl)c2)c1.[C-]1=CC=CC1. The van der Waals surface area contributed by atoms with Gasteiger partial charge >= 0.3 is 175 Å². The Bertz CT molecular complexity index is 1970. The minimum Gasteiger partial charge on any atom is -0.273 e. The number of halogens is 6. The smallest absolute Gasteiger partial charge is 0.109 e. The van der Waals surface area contributed by atoms with Gasteiger partial charge in [-0.25, -0.2) is 12.2 Å². The summed E-state index contributed by atoms with van der Waals surface area (Å²) in [5.74, 6) is 0. The summed E-state index contributed by atoms with van der Waals surface area (Å²) in [4.78, 5) is 0. The summed E-state index contributed by atoms with van der Waals surface area (Å²) in [6.07, 6.45) is 11.0. The van der Waals surface area contributed by atoms with Crippen molar-refractivity contribution in [2.75, 3.05) is 0 Å². The Hall–Kier alpha value is -1.15. The van der Waals surface area contributed by atoms with Gasteiger partial charge in [0.25, 0.3) is 0 Å². The normalized spacial score (nSPS) is 14.1. The van der Waals surface area contributed by atoms with E-state index in [9.17, 15) is 0 Å². The first-order valence-corrected chi connectivity index (χ1v) is 22.4. The van der Waals surface area contributed by atoms with Gasteiger partial charge in [-0.1, -0.05) is 106 Å². The fraction of sp³-hybridized carbons (Fsp3) is 0.408. The number of allylic oxidation sites excluding steroid dienone is 4. The van der Waals surface area contributed by atoms with Crippen molar-refractivity contribution in [3.05, 3.63) is 153 Å². The summed E-state index contributed by atoms with van der Waals surface area (Å²) < 4.78 is -1.82. The van der Waals surface area contributed by atoms with Crippen LogP contribution < -0.4 is 0 Å². The maximum absolute atomic E-state index is 5.94. The van der Waals surface area contributed by atoms with Crippen LogP contribution >= 0.6 is 69.6 Å². The number of rotatable bonds is 2. The van der Waals surface area contributed by atoms with Gasteiger partial charge in [-0.3, -0.25) is 6.08 Å². The van der Waals surface area contributed by atoms with Crippen molar-refractivity contribution in [2.24, 2.45) is 0 Å². The summed E-state index contributed by atoms with van der Waals surface area (Å²) in [5, 5.41) is 0. The molecule has 0 amide bonds. The molecule has 0 fully saturated rings. The molecule has 4 aromatic rings. The van der Waals surface area contributed by atoms with Gasteiger partial charge in [0.15, 0.2) is 0 Å². The Labute approximate surface area is 382 Å². The number of benzene rings is 4. The van der Waals surface area contributed by atoms with E-state index >= 15 is 0 Å². The summed E-state index contributed by atoms with van der Waals surface area (Å²) in [5.41, 5.74) is 15.1. The number of hydrogen-bond donors (Lipinski definition) is 0. The molecule has 0 aromatic heterocycles. The fourth-order valence-electron chi connectivity index (χ4n) is 6.83. The van der Waals surface area contributed by atoms with Crippen LogP contribution in [0.4, 0.5) is 0 Å². The van der Waals surface area contributed by atoms with Crippen LogP contribution in [0.1, 0.15) is 145 Å². The monoisotopic (exact) mass is 942 g/mol. The Kier molecular flexibility index (Phi) is 15.1. The van der Waals surface area contributed by atoms with E-state index in [2.05, 4.69) is 120 Å². The van der Waals surface area contributed by atoms with Gasteiger partial charge in [0.1, 0.15) is 0 Å². The Morgan fingerprint density at radius 2 is 1.04 bits per heavy atom. The van der Waals surface area contributed by atoms with Crippen LogP contribution in [-0.2, 0) is 59.9 Å². The third-order valence-electron chi connectivity index (χ3n) is 9.78. The molecule has 0 spiro atoms. The van der Waals surface area contributed by atoms with Crippen LogP contribution in [0, 0.1) is 12.1 Å². The number of fused-ring (bicyclic) bond motifs is 3. The number of alkyl halides is 6. The minimum absolute atomic E-state index is 0.0968. The molecule has 56 heavy (non-hydrogen) atoms. The Morgan fingerprint density at radius 3 is 1.41 bits per heavy atom. The molecule has 0 heterocycles. The standard InChI is InChI=1S/C29H41.C15H8Cl6.C5H5.Zr/c1-26(2,3)22-14-18-13-19-15-23(27(4,5)6)25(29(10,11)12)17-21(19)20(18)16-24(22)28(7,8)9;16-14(17,18)12-5-1-3-10(8-12)7-11-4-2-6-13(9-11)15(19,20)21;1-2-4-5-3-1;/h14,16-17H,13H2,1-12H3;1-6,8-9H;1-3H,4H2;/q-1;;-1;+2. The van der Waals surface area contributed by atoms with Gasteiger partial charge in [-0.05, 0) is 39.4 Å². The van der Waals surface area contributed by atoms with E-state index in [0.717, 1.165) is 27.2 Å². The maximum atomic E-state index is 5.94. The van der Waals surface area contributed by atoms with Crippen molar-refractivity contribution < 1.29 is 24.2 Å². The summed E-state index contributed by atoms with van der Waals surface area (Å²) in [7, 11) is 0. The van der Waals surface area contributed by atoms with E-state index in [4.69, 9.17) is 69.6 Å². The molecule has 0 unspecified atom stereocenters. The molecule has 2 aliphatic carbocycles. The molecular formula is C49H54Cl6Zr. The second-order valence-electron chi connectivity index (χ2n) is 18.7. The first-order chi connectivity index (χ1) is 25.5. The molecule has 0 radical (unpaired) electrons. The first-order valence-electron chi connectivity index (χ1n) is 18.9. The quantitative estimate of drug-likeness (QED) is 0.122. The van der Waals surface area contributed by atoms with Gasteiger partial charge in [-0.2, -0.15) is 23.8 Å². The molecule has 0 aliphatic heterocycles. The molecule has 6 rings (SSSR count). The molecule has 0 atom stereocenters. The van der Waals surface area contributed by atoms with Crippen molar-refractivity contribution >= 4 is 72.8 Å². The molecule has 0 saturated heterocycles. The van der Waals surface area contributed by atoms with Crippen LogP contribution in [0.5, 0.6) is 0 Å². The van der Waals surface area contributed by atoms with Crippen LogP contribution in [-0.4, -0.2) is 3.21 Å². The topological polar surface area (TPSA) is 0 Å². The zero-order valence-corrected chi connectivity index (χ0v) is 41.8. The molecule has 7 heteroatoms. The average molecular weight is 947 g/mol. The van der Waals surface area contributed by atoms with Crippen molar-refractivity contribution in [3.63, 3.8) is 0 Å². The molecule has 0 saturated carbocycles. The fourth-order valence-corrected chi connectivity index (χ4v) is 8.30. The van der Waals surface area contributed by atoms with E-state index < -0.39 is 7.59 Å². The van der Waals surface area contributed by atoms with Crippen LogP contribution in [0.3, 0.4) is 0 Å². The van der Waals surface area contributed by atoms with Crippen molar-refractivity contribution in [1.82, 2.24) is 0 Å². The Balaban J connectivity index is 0.000000227. The van der Waals surface area contributed by atoms with Crippen molar-refractivity contribution in [1.29, 1.82) is 0 Å².